The average Bonchev–Trinajstić information content (AvgIpc) is 2.08. The highest BCUT2D eigenvalue weighted by Gasteiger charge is 2.15. The third-order valence-electron chi connectivity index (χ3n) is 1.43. The van der Waals surface area contributed by atoms with Crippen LogP contribution in [0.5, 0.6) is 0 Å². The second kappa shape index (κ2) is 2.81. The maximum absolute atomic E-state index is 10.8. The molecule has 0 fully saturated rings. The highest BCUT2D eigenvalue weighted by molar-refractivity contribution is 9.10. The normalized spacial score (nSPS) is 14.5. The first-order chi connectivity index (χ1) is 6.16. The number of nitrogens with zero attached hydrogens (tertiary/aromatic N) is 3. The zero-order valence-corrected chi connectivity index (χ0v) is 7.78. The number of aromatic nitrogens is 1. The number of rotatable bonds is 0. The molecule has 2 heterocycles. The fraction of sp³-hybridized carbons (Fsp3) is 0. The first-order valence-corrected chi connectivity index (χ1v) is 4.13. The number of fused-ring (bicyclic) bond motifs is 1. The van der Waals surface area contributed by atoms with Gasteiger partial charge in [0.25, 0.3) is 0 Å². The van der Waals surface area contributed by atoms with Crippen LogP contribution >= 0.6 is 15.9 Å². The fourth-order valence-corrected chi connectivity index (χ4v) is 1.21. The predicted molar refractivity (Wildman–Crippen MR) is 44.3 cm³/mol. The molecule has 0 saturated heterocycles. The standard InChI is InChI=1S/C7H2BrN3O2/c8-3-1-4-5(9-2-3)11-7(13)6(12)10-4/h1-2H. The summed E-state index contributed by atoms with van der Waals surface area (Å²) in [6.07, 6.45) is 1.49. The van der Waals surface area contributed by atoms with Gasteiger partial charge in [0, 0.05) is 10.7 Å². The lowest BCUT2D eigenvalue weighted by atomic mass is 10.4. The van der Waals surface area contributed by atoms with Gasteiger partial charge in [-0.2, -0.15) is 4.99 Å². The monoisotopic (exact) mass is 239 g/mol. The average molecular weight is 240 g/mol. The van der Waals surface area contributed by atoms with E-state index in [1.807, 2.05) is 0 Å². The van der Waals surface area contributed by atoms with E-state index in [2.05, 4.69) is 30.9 Å². The molecule has 0 atom stereocenters. The minimum atomic E-state index is -0.873. The van der Waals surface area contributed by atoms with Crippen molar-refractivity contribution in [3.05, 3.63) is 27.6 Å². The summed E-state index contributed by atoms with van der Waals surface area (Å²) < 4.78 is 0.687. The first-order valence-electron chi connectivity index (χ1n) is 3.34. The summed E-state index contributed by atoms with van der Waals surface area (Å²) in [6, 6.07) is 1.58. The van der Waals surface area contributed by atoms with Gasteiger partial charge in [-0.3, -0.25) is 9.59 Å². The molecule has 1 aromatic rings. The molecule has 64 valence electrons. The Morgan fingerprint density at radius 1 is 1.15 bits per heavy atom. The molecule has 0 aromatic carbocycles. The van der Waals surface area contributed by atoms with Gasteiger partial charge in [-0.15, -0.1) is 0 Å². The molecule has 1 aliphatic rings. The van der Waals surface area contributed by atoms with Crippen molar-refractivity contribution in [2.75, 3.05) is 0 Å². The number of hydrogen-bond donors (Lipinski definition) is 0. The largest absolute Gasteiger partial charge is 0.339 e. The van der Waals surface area contributed by atoms with E-state index in [1.165, 1.54) is 6.20 Å². The summed E-state index contributed by atoms with van der Waals surface area (Å²) in [6.45, 7) is 0. The van der Waals surface area contributed by atoms with Gasteiger partial charge in [-0.1, -0.05) is 0 Å². The fourth-order valence-electron chi connectivity index (χ4n) is 0.891. The minimum absolute atomic E-state index is 0.188. The zero-order valence-electron chi connectivity index (χ0n) is 6.19. The van der Waals surface area contributed by atoms with Crippen LogP contribution in [-0.4, -0.2) is 16.8 Å². The second-order valence-corrected chi connectivity index (χ2v) is 3.25. The summed E-state index contributed by atoms with van der Waals surface area (Å²) in [5, 5.41) is 0.318. The van der Waals surface area contributed by atoms with Crippen molar-refractivity contribution in [3.63, 3.8) is 0 Å². The van der Waals surface area contributed by atoms with Crippen LogP contribution in [0.15, 0.2) is 26.7 Å². The van der Waals surface area contributed by atoms with Crippen LogP contribution < -0.4 is 10.8 Å². The lowest BCUT2D eigenvalue weighted by Crippen LogP contribution is -2.36. The maximum atomic E-state index is 10.8. The SMILES string of the molecule is O=C1N=c2cc(Br)cnc2=NC1=O. The first kappa shape index (κ1) is 8.18. The Kier molecular flexibility index (Phi) is 1.77. The third kappa shape index (κ3) is 1.40. The summed E-state index contributed by atoms with van der Waals surface area (Å²) in [5.41, 5.74) is 0.188. The number of hydrogen-bond acceptors (Lipinski definition) is 3. The molecule has 0 aliphatic carbocycles. The molecule has 1 aromatic heterocycles. The van der Waals surface area contributed by atoms with Crippen molar-refractivity contribution in [3.8, 4) is 0 Å². The molecule has 1 aliphatic heterocycles. The molecule has 2 amide bonds. The van der Waals surface area contributed by atoms with Crippen LogP contribution in [-0.2, 0) is 9.59 Å². The van der Waals surface area contributed by atoms with Crippen molar-refractivity contribution in [2.45, 2.75) is 0 Å². The van der Waals surface area contributed by atoms with Gasteiger partial charge >= 0.3 is 11.8 Å². The highest BCUT2D eigenvalue weighted by Crippen LogP contribution is 2.00. The van der Waals surface area contributed by atoms with Crippen LogP contribution in [0.25, 0.3) is 0 Å². The van der Waals surface area contributed by atoms with E-state index in [1.54, 1.807) is 6.07 Å². The second-order valence-electron chi connectivity index (χ2n) is 2.33. The van der Waals surface area contributed by atoms with Crippen LogP contribution in [0.3, 0.4) is 0 Å². The highest BCUT2D eigenvalue weighted by atomic mass is 79.9. The molecule has 2 rings (SSSR count). The van der Waals surface area contributed by atoms with Gasteiger partial charge in [-0.05, 0) is 22.0 Å². The van der Waals surface area contributed by atoms with Crippen molar-refractivity contribution in [2.24, 2.45) is 9.98 Å². The molecule has 0 bridgehead atoms. The number of pyridine rings is 1. The Hall–Kier alpha value is -1.43. The van der Waals surface area contributed by atoms with Gasteiger partial charge in [0.15, 0.2) is 5.49 Å². The van der Waals surface area contributed by atoms with Gasteiger partial charge in [0.2, 0.25) is 0 Å². The lowest BCUT2D eigenvalue weighted by molar-refractivity contribution is -0.135. The Morgan fingerprint density at radius 3 is 2.62 bits per heavy atom. The molecule has 0 spiro atoms. The van der Waals surface area contributed by atoms with Crippen LogP contribution in [0.4, 0.5) is 0 Å². The van der Waals surface area contributed by atoms with Gasteiger partial charge in [0.1, 0.15) is 5.36 Å². The van der Waals surface area contributed by atoms with E-state index in [4.69, 9.17) is 0 Å². The Bertz CT molecular complexity index is 523. The van der Waals surface area contributed by atoms with Crippen molar-refractivity contribution in [1.29, 1.82) is 0 Å². The Morgan fingerprint density at radius 2 is 1.85 bits per heavy atom. The quantitative estimate of drug-likeness (QED) is 0.554. The molecule has 0 saturated carbocycles. The van der Waals surface area contributed by atoms with E-state index >= 15 is 0 Å². The Labute approximate surface area is 80.4 Å². The summed E-state index contributed by atoms with van der Waals surface area (Å²) in [7, 11) is 0. The van der Waals surface area contributed by atoms with Crippen LogP contribution in [0.1, 0.15) is 0 Å². The zero-order chi connectivity index (χ0) is 9.42. The molecular formula is C7H2BrN3O2. The van der Waals surface area contributed by atoms with Crippen molar-refractivity contribution < 1.29 is 9.59 Å². The smallest absolute Gasteiger partial charge is 0.261 e. The maximum Gasteiger partial charge on any atom is 0.339 e. The van der Waals surface area contributed by atoms with Gasteiger partial charge < -0.3 is 0 Å². The van der Waals surface area contributed by atoms with Gasteiger partial charge in [-0.25, -0.2) is 9.98 Å². The number of carbonyl (C=O) groups is 2. The van der Waals surface area contributed by atoms with Crippen LogP contribution in [0, 0.1) is 0 Å². The van der Waals surface area contributed by atoms with E-state index in [9.17, 15) is 9.59 Å². The summed E-state index contributed by atoms with van der Waals surface area (Å²) in [5.74, 6) is -1.73. The molecular weight excluding hydrogens is 238 g/mol. The summed E-state index contributed by atoms with van der Waals surface area (Å²) in [4.78, 5) is 32.4. The van der Waals surface area contributed by atoms with Crippen LogP contribution in [0.2, 0.25) is 0 Å². The topological polar surface area (TPSA) is 71.8 Å². The van der Waals surface area contributed by atoms with E-state index in [0.29, 0.717) is 9.83 Å². The minimum Gasteiger partial charge on any atom is -0.261 e. The number of halogens is 1. The van der Waals surface area contributed by atoms with Gasteiger partial charge in [0.05, 0.1) is 0 Å². The number of amides is 2. The molecule has 0 unspecified atom stereocenters. The molecule has 6 heteroatoms. The molecule has 0 N–H and O–H groups in total. The third-order valence-corrected chi connectivity index (χ3v) is 1.86. The predicted octanol–water partition coefficient (Wildman–Crippen LogP) is -0.850. The van der Waals surface area contributed by atoms with E-state index < -0.39 is 11.8 Å². The molecule has 5 nitrogen and oxygen atoms in total. The molecule has 13 heavy (non-hydrogen) atoms. The van der Waals surface area contributed by atoms with E-state index in [0.717, 1.165) is 0 Å². The van der Waals surface area contributed by atoms with Crippen molar-refractivity contribution >= 4 is 27.7 Å². The number of carbonyl (C=O) groups excluding carboxylic acids is 2. The summed E-state index contributed by atoms with van der Waals surface area (Å²) >= 11 is 3.17. The van der Waals surface area contributed by atoms with Crippen molar-refractivity contribution in [1.82, 2.24) is 4.98 Å². The Balaban J connectivity index is 2.85. The lowest BCUT2D eigenvalue weighted by Gasteiger charge is -1.95. The molecule has 0 radical (unpaired) electrons. The van der Waals surface area contributed by atoms with E-state index in [-0.39, 0.29) is 5.49 Å².